The van der Waals surface area contributed by atoms with Crippen molar-refractivity contribution in [3.05, 3.63) is 11.6 Å². The van der Waals surface area contributed by atoms with Crippen LogP contribution in [0.5, 0.6) is 0 Å². The highest BCUT2D eigenvalue weighted by atomic mass is 16.8. The maximum Gasteiger partial charge on any atom is 0.335 e. The first-order valence-electron chi connectivity index (χ1n) is 31.0. The largest absolute Gasteiger partial charge is 0.479 e. The second-order valence-corrected chi connectivity index (χ2v) is 29.1. The minimum absolute atomic E-state index is 0.0397. The Labute approximate surface area is 505 Å². The number of carbonyl (C=O) groups is 2. The topological polar surface area (TPSA) is 430 Å². The molecule has 0 amide bonds. The summed E-state index contributed by atoms with van der Waals surface area (Å²) >= 11 is 0. The Kier molecular flexibility index (Phi) is 19.1. The van der Waals surface area contributed by atoms with Gasteiger partial charge in [-0.05, 0) is 123 Å². The van der Waals surface area contributed by atoms with Crippen molar-refractivity contribution in [3.8, 4) is 0 Å². The van der Waals surface area contributed by atoms with Crippen LogP contribution in [0.2, 0.25) is 0 Å². The minimum atomic E-state index is -1.97. The van der Waals surface area contributed by atoms with Crippen LogP contribution in [-0.2, 0) is 57.0 Å². The highest BCUT2D eigenvalue weighted by Gasteiger charge is 2.70. The lowest BCUT2D eigenvalue weighted by Crippen LogP contribution is -2.67. The number of ether oxygens (including phenoxy) is 10. The quantitative estimate of drug-likeness (QED) is 0.0535. The van der Waals surface area contributed by atoms with Crippen molar-refractivity contribution < 1.29 is 134 Å². The van der Waals surface area contributed by atoms with E-state index in [9.17, 15) is 81.4 Å². The fraction of sp³-hybridized carbons (Fsp3) is 0.933. The number of aliphatic hydroxyl groups excluding tert-OH is 14. The number of rotatable bonds is 13. The molecule has 5 aliphatic carbocycles. The fourth-order valence-electron chi connectivity index (χ4n) is 17.8. The maximum atomic E-state index is 15.3. The summed E-state index contributed by atoms with van der Waals surface area (Å²) in [4.78, 5) is 27.6. The van der Waals surface area contributed by atoms with E-state index >= 15 is 4.79 Å². The van der Waals surface area contributed by atoms with Crippen molar-refractivity contribution >= 4 is 11.9 Å². The van der Waals surface area contributed by atoms with Gasteiger partial charge in [-0.1, -0.05) is 60.1 Å². The number of allylic oxidation sites excluding steroid dienone is 2. The van der Waals surface area contributed by atoms with Gasteiger partial charge < -0.3 is 124 Å². The van der Waals surface area contributed by atoms with Gasteiger partial charge in [0.05, 0.1) is 36.9 Å². The van der Waals surface area contributed by atoms with Gasteiger partial charge in [0, 0.05) is 0 Å². The Balaban J connectivity index is 0.836. The number of carbonyl (C=O) groups excluding carboxylic acids is 1. The number of esters is 1. The molecule has 0 bridgehead atoms. The van der Waals surface area contributed by atoms with Crippen LogP contribution in [0.3, 0.4) is 0 Å². The van der Waals surface area contributed by atoms with Gasteiger partial charge in [-0.25, -0.2) is 4.79 Å². The lowest BCUT2D eigenvalue weighted by atomic mass is 9.33. The molecule has 27 nitrogen and oxygen atoms in total. The number of hydrogen-bond donors (Lipinski definition) is 15. The number of fused-ring (bicyclic) bond motifs is 7. The van der Waals surface area contributed by atoms with Crippen molar-refractivity contribution in [2.75, 3.05) is 13.2 Å². The second-order valence-electron chi connectivity index (χ2n) is 29.1. The molecule has 0 aromatic heterocycles. The lowest BCUT2D eigenvalue weighted by Gasteiger charge is -2.71. The molecule has 33 atom stereocenters. The van der Waals surface area contributed by atoms with Crippen LogP contribution >= 0.6 is 0 Å². The number of carboxylic acids is 1. The Hall–Kier alpha value is -2.24. The molecule has 0 radical (unpaired) electrons. The van der Waals surface area contributed by atoms with Crippen molar-refractivity contribution in [1.29, 1.82) is 0 Å². The molecule has 5 heterocycles. The van der Waals surface area contributed by atoms with Crippen LogP contribution in [0.1, 0.15) is 127 Å². The zero-order valence-electron chi connectivity index (χ0n) is 50.9. The Morgan fingerprint density at radius 3 is 1.70 bits per heavy atom. The molecule has 0 aromatic rings. The van der Waals surface area contributed by atoms with E-state index in [0.717, 1.165) is 12.8 Å². The maximum absolute atomic E-state index is 15.3. The van der Waals surface area contributed by atoms with Gasteiger partial charge in [-0.2, -0.15) is 0 Å². The molecule has 10 aliphatic rings. The molecule has 15 N–H and O–H groups in total. The summed E-state index contributed by atoms with van der Waals surface area (Å²) in [5, 5.41) is 162. The van der Waals surface area contributed by atoms with Gasteiger partial charge in [0.2, 0.25) is 6.29 Å². The third kappa shape index (κ3) is 11.4. The molecule has 5 saturated heterocycles. The summed E-state index contributed by atoms with van der Waals surface area (Å²) in [5.41, 5.74) is -1.66. The first-order chi connectivity index (χ1) is 40.6. The van der Waals surface area contributed by atoms with Crippen LogP contribution < -0.4 is 0 Å². The number of aliphatic hydroxyl groups is 14. The predicted octanol–water partition coefficient (Wildman–Crippen LogP) is -2.06. The minimum Gasteiger partial charge on any atom is -0.479 e. The summed E-state index contributed by atoms with van der Waals surface area (Å²) in [6, 6.07) is 0. The molecule has 498 valence electrons. The molecular weight excluding hydrogens is 1150 g/mol. The molecule has 87 heavy (non-hydrogen) atoms. The summed E-state index contributed by atoms with van der Waals surface area (Å²) in [5.74, 6) is -2.29. The SMILES string of the molecule is C[C@@H]1O[C@@H](O[C@H]2[C@H](O[C@H]3CC[C@]4(C)[C@H]5CC=C6[C@@H]7CC(C)(C)CC[C@]7(C(=O)O[C@@H]7O[C@H](CO[C@@H]8O[C@H](CO)[C@@H](O[C@@H]9O[C@@H](C)[C@H](O)[C@@H](O)[C@H]9O)[C@H](O)[C@H]8O)[C@@H](O)[C@H](O)[C@H]7O)CC[C@@]6(C)[C@]5(C)CC[C@H]4C3(C)C)O[C@H](C(=O)O)[C@@H](O)[C@@H]2O)[C@H](O)[C@H](O)[C@H]1O. The summed E-state index contributed by atoms with van der Waals surface area (Å²) in [7, 11) is 0. The predicted molar refractivity (Wildman–Crippen MR) is 293 cm³/mol. The van der Waals surface area contributed by atoms with Gasteiger partial charge in [0.25, 0.3) is 0 Å². The Morgan fingerprint density at radius 1 is 0.540 bits per heavy atom. The average Bonchev–Trinajstić information content (AvgIpc) is 0.684. The van der Waals surface area contributed by atoms with E-state index < -0.39 is 201 Å². The smallest absolute Gasteiger partial charge is 0.335 e. The monoisotopic (exact) mass is 1250 g/mol. The molecule has 0 spiro atoms. The molecular formula is C60H96O27. The normalized spacial score (nSPS) is 54.0. The second kappa shape index (κ2) is 24.6. The van der Waals surface area contributed by atoms with Crippen molar-refractivity contribution in [2.45, 2.75) is 286 Å². The fourth-order valence-corrected chi connectivity index (χ4v) is 17.8. The van der Waals surface area contributed by atoms with E-state index in [-0.39, 0.29) is 34.0 Å². The van der Waals surface area contributed by atoms with Crippen LogP contribution in [0, 0.1) is 50.2 Å². The van der Waals surface area contributed by atoms with E-state index in [0.29, 0.717) is 51.4 Å². The van der Waals surface area contributed by atoms with E-state index in [1.807, 2.05) is 0 Å². The zero-order valence-corrected chi connectivity index (χ0v) is 50.9. The third-order valence-corrected chi connectivity index (χ3v) is 23.4. The highest BCUT2D eigenvalue weighted by molar-refractivity contribution is 5.79. The number of hydrogen-bond acceptors (Lipinski definition) is 26. The molecule has 0 unspecified atom stereocenters. The van der Waals surface area contributed by atoms with Crippen molar-refractivity contribution in [1.82, 2.24) is 0 Å². The standard InChI is InChI=1S/C60H96O27/c1-23-32(62)35(65)41(71)50(79-23)84-45-27(21-61)81-49(44(74)40(45)70)78-22-28-34(64)37(67)43(73)52(82-28)87-54(77)60-18-16-55(3,4)20-26(60)25-10-11-30-57(7)14-13-31(56(5,6)29(57)12-15-59(30,9)58(25,8)17-19-60)83-53-47(39(69)38(68)46(85-53)48(75)76)86-51-42(72)36(66)33(63)24(2)80-51/h10,23-24,26-47,49-53,61-74H,11-22H2,1-9H3,(H,75,76)/t23-,24-,26-,27+,28+,29-,30+,31-,32-,33-,34+,35+,36+,37-,38-,39-,40+,41+,42+,43+,44+,45+,46-,47+,49+,50-,51-,52-,53+,57-,58+,59+,60-/m0/s1. The lowest BCUT2D eigenvalue weighted by molar-refractivity contribution is -0.372. The van der Waals surface area contributed by atoms with E-state index in [1.54, 1.807) is 0 Å². The van der Waals surface area contributed by atoms with Crippen LogP contribution in [0.15, 0.2) is 11.6 Å². The van der Waals surface area contributed by atoms with Crippen molar-refractivity contribution in [3.63, 3.8) is 0 Å². The number of aliphatic carboxylic acids is 1. The summed E-state index contributed by atoms with van der Waals surface area (Å²) in [6.07, 6.45) is -33.4. The summed E-state index contributed by atoms with van der Waals surface area (Å²) < 4.78 is 59.3. The van der Waals surface area contributed by atoms with Crippen LogP contribution in [-0.4, -0.2) is 261 Å². The molecule has 27 heteroatoms. The third-order valence-electron chi connectivity index (χ3n) is 23.4. The number of carboxylic acid groups (broad SMARTS) is 1. The molecule has 9 fully saturated rings. The van der Waals surface area contributed by atoms with Gasteiger partial charge in [0.1, 0.15) is 104 Å². The van der Waals surface area contributed by atoms with Gasteiger partial charge >= 0.3 is 11.9 Å². The average molecular weight is 1250 g/mol. The van der Waals surface area contributed by atoms with Crippen LogP contribution in [0.25, 0.3) is 0 Å². The summed E-state index contributed by atoms with van der Waals surface area (Å²) in [6.45, 7) is 17.0. The van der Waals surface area contributed by atoms with Crippen molar-refractivity contribution in [2.24, 2.45) is 50.2 Å². The Morgan fingerprint density at radius 2 is 1.09 bits per heavy atom. The zero-order chi connectivity index (χ0) is 63.7. The molecule has 0 aromatic carbocycles. The molecule has 10 rings (SSSR count). The van der Waals surface area contributed by atoms with E-state index in [1.165, 1.54) is 19.4 Å². The van der Waals surface area contributed by atoms with Crippen LogP contribution in [0.4, 0.5) is 0 Å². The van der Waals surface area contributed by atoms with Gasteiger partial charge in [-0.3, -0.25) is 4.79 Å². The molecule has 4 saturated carbocycles. The first kappa shape index (κ1) is 67.6. The van der Waals surface area contributed by atoms with E-state index in [4.69, 9.17) is 47.4 Å². The van der Waals surface area contributed by atoms with Gasteiger partial charge in [-0.15, -0.1) is 0 Å². The highest BCUT2D eigenvalue weighted by Crippen LogP contribution is 2.76. The van der Waals surface area contributed by atoms with E-state index in [2.05, 4.69) is 54.5 Å². The molecule has 5 aliphatic heterocycles. The first-order valence-corrected chi connectivity index (χ1v) is 31.0. The Bertz CT molecular complexity index is 2480. The van der Waals surface area contributed by atoms with Gasteiger partial charge in [0.15, 0.2) is 31.3 Å².